The van der Waals surface area contributed by atoms with Crippen LogP contribution in [0.25, 0.3) is 0 Å². The highest BCUT2D eigenvalue weighted by Gasteiger charge is 2.08. The molecule has 0 spiro atoms. The van der Waals surface area contributed by atoms with Gasteiger partial charge in [-0.05, 0) is 26.7 Å². The zero-order valence-corrected chi connectivity index (χ0v) is 12.0. The van der Waals surface area contributed by atoms with Gasteiger partial charge in [-0.3, -0.25) is 0 Å². The van der Waals surface area contributed by atoms with E-state index in [-0.39, 0.29) is 18.2 Å². The van der Waals surface area contributed by atoms with Crippen molar-refractivity contribution >= 4 is 11.9 Å². The fourth-order valence-corrected chi connectivity index (χ4v) is 1.37. The first kappa shape index (κ1) is 15.4. The molecule has 0 aromatic carbocycles. The predicted molar refractivity (Wildman–Crippen MR) is 74.5 cm³/mol. The molecule has 7 heteroatoms. The fourth-order valence-electron chi connectivity index (χ4n) is 1.37. The SMILES string of the molecule is CCC(O)CCNc1nc(NC)nc(OC(C)C)n1. The lowest BCUT2D eigenvalue weighted by Crippen LogP contribution is -2.16. The Hall–Kier alpha value is -1.63. The van der Waals surface area contributed by atoms with Gasteiger partial charge in [0.2, 0.25) is 11.9 Å². The lowest BCUT2D eigenvalue weighted by atomic mass is 10.2. The van der Waals surface area contributed by atoms with Gasteiger partial charge in [0.25, 0.3) is 0 Å². The molecule has 1 atom stereocenters. The summed E-state index contributed by atoms with van der Waals surface area (Å²) in [7, 11) is 1.74. The van der Waals surface area contributed by atoms with Gasteiger partial charge in [0.15, 0.2) is 0 Å². The summed E-state index contributed by atoms with van der Waals surface area (Å²) in [6.45, 7) is 6.37. The third-order valence-electron chi connectivity index (χ3n) is 2.41. The van der Waals surface area contributed by atoms with Crippen molar-refractivity contribution in [2.75, 3.05) is 24.2 Å². The van der Waals surface area contributed by atoms with Crippen molar-refractivity contribution in [1.82, 2.24) is 15.0 Å². The number of ether oxygens (including phenoxy) is 1. The molecule has 0 aliphatic rings. The van der Waals surface area contributed by atoms with Gasteiger partial charge < -0.3 is 20.5 Å². The predicted octanol–water partition coefficient (Wildman–Crippen LogP) is 1.27. The molecule has 0 aliphatic heterocycles. The first-order chi connectivity index (χ1) is 9.05. The summed E-state index contributed by atoms with van der Waals surface area (Å²) in [6.07, 6.45) is 1.09. The number of aliphatic hydroxyl groups excluding tert-OH is 1. The molecule has 0 bridgehead atoms. The molecule has 0 fully saturated rings. The number of aliphatic hydroxyl groups is 1. The van der Waals surface area contributed by atoms with Crippen molar-refractivity contribution in [3.05, 3.63) is 0 Å². The maximum atomic E-state index is 9.48. The summed E-state index contributed by atoms with van der Waals surface area (Å²) in [4.78, 5) is 12.4. The normalized spacial score (nSPS) is 12.3. The van der Waals surface area contributed by atoms with Crippen molar-refractivity contribution in [1.29, 1.82) is 0 Å². The molecular weight excluding hydrogens is 246 g/mol. The van der Waals surface area contributed by atoms with Gasteiger partial charge in [-0.25, -0.2) is 0 Å². The maximum absolute atomic E-state index is 9.48. The van der Waals surface area contributed by atoms with Crippen LogP contribution in [0.2, 0.25) is 0 Å². The van der Waals surface area contributed by atoms with Crippen LogP contribution in [-0.4, -0.2) is 45.9 Å². The molecule has 0 saturated heterocycles. The van der Waals surface area contributed by atoms with Crippen molar-refractivity contribution in [3.8, 4) is 6.01 Å². The molecule has 3 N–H and O–H groups in total. The van der Waals surface area contributed by atoms with Gasteiger partial charge in [-0.2, -0.15) is 15.0 Å². The smallest absolute Gasteiger partial charge is 0.323 e. The molecule has 0 saturated carbocycles. The molecule has 0 aliphatic carbocycles. The minimum atomic E-state index is -0.301. The molecule has 1 rings (SSSR count). The Morgan fingerprint density at radius 2 is 1.89 bits per heavy atom. The summed E-state index contributed by atoms with van der Waals surface area (Å²) in [5.41, 5.74) is 0. The Morgan fingerprint density at radius 3 is 2.47 bits per heavy atom. The van der Waals surface area contributed by atoms with Gasteiger partial charge >= 0.3 is 6.01 Å². The van der Waals surface area contributed by atoms with E-state index in [1.165, 1.54) is 0 Å². The summed E-state index contributed by atoms with van der Waals surface area (Å²) < 4.78 is 5.45. The highest BCUT2D eigenvalue weighted by atomic mass is 16.5. The Bertz CT molecular complexity index is 386. The van der Waals surface area contributed by atoms with Crippen LogP contribution in [0.4, 0.5) is 11.9 Å². The third kappa shape index (κ3) is 5.69. The van der Waals surface area contributed by atoms with Crippen LogP contribution in [0.15, 0.2) is 0 Å². The van der Waals surface area contributed by atoms with Crippen LogP contribution in [0.3, 0.4) is 0 Å². The average molecular weight is 269 g/mol. The topological polar surface area (TPSA) is 92.2 Å². The molecule has 19 heavy (non-hydrogen) atoms. The van der Waals surface area contributed by atoms with Crippen molar-refractivity contribution in [2.24, 2.45) is 0 Å². The van der Waals surface area contributed by atoms with Crippen LogP contribution in [-0.2, 0) is 0 Å². The second-order valence-corrected chi connectivity index (χ2v) is 4.46. The van der Waals surface area contributed by atoms with E-state index in [1.807, 2.05) is 20.8 Å². The first-order valence-electron chi connectivity index (χ1n) is 6.57. The monoisotopic (exact) mass is 269 g/mol. The zero-order valence-electron chi connectivity index (χ0n) is 12.0. The molecule has 108 valence electrons. The number of nitrogens with one attached hydrogen (secondary N) is 2. The molecule has 1 heterocycles. The Balaban J connectivity index is 2.65. The lowest BCUT2D eigenvalue weighted by molar-refractivity contribution is 0.164. The quantitative estimate of drug-likeness (QED) is 0.654. The highest BCUT2D eigenvalue weighted by molar-refractivity contribution is 5.35. The molecule has 7 nitrogen and oxygen atoms in total. The second kappa shape index (κ2) is 7.73. The number of hydrogen-bond donors (Lipinski definition) is 3. The minimum Gasteiger partial charge on any atom is -0.461 e. The summed E-state index contributed by atoms with van der Waals surface area (Å²) >= 11 is 0. The van der Waals surface area contributed by atoms with E-state index in [0.717, 1.165) is 6.42 Å². The van der Waals surface area contributed by atoms with Gasteiger partial charge in [-0.1, -0.05) is 6.92 Å². The highest BCUT2D eigenvalue weighted by Crippen LogP contribution is 2.12. The number of rotatable bonds is 8. The molecule has 1 aromatic heterocycles. The number of hydrogen-bond acceptors (Lipinski definition) is 7. The minimum absolute atomic E-state index is 0.00173. The molecular formula is C12H23N5O2. The van der Waals surface area contributed by atoms with Gasteiger partial charge in [0.05, 0.1) is 12.2 Å². The zero-order chi connectivity index (χ0) is 14.3. The van der Waals surface area contributed by atoms with E-state index in [4.69, 9.17) is 4.74 Å². The van der Waals surface area contributed by atoms with Crippen LogP contribution in [0.1, 0.15) is 33.6 Å². The van der Waals surface area contributed by atoms with E-state index in [1.54, 1.807) is 7.05 Å². The van der Waals surface area contributed by atoms with E-state index < -0.39 is 0 Å². The Labute approximate surface area is 113 Å². The maximum Gasteiger partial charge on any atom is 0.323 e. The third-order valence-corrected chi connectivity index (χ3v) is 2.41. The van der Waals surface area contributed by atoms with Crippen molar-refractivity contribution in [3.63, 3.8) is 0 Å². The first-order valence-corrected chi connectivity index (χ1v) is 6.57. The molecule has 0 amide bonds. The van der Waals surface area contributed by atoms with Crippen molar-refractivity contribution < 1.29 is 9.84 Å². The van der Waals surface area contributed by atoms with Crippen LogP contribution in [0.5, 0.6) is 6.01 Å². The molecule has 0 radical (unpaired) electrons. The second-order valence-electron chi connectivity index (χ2n) is 4.46. The van der Waals surface area contributed by atoms with E-state index in [9.17, 15) is 5.11 Å². The Morgan fingerprint density at radius 1 is 1.21 bits per heavy atom. The van der Waals surface area contributed by atoms with Gasteiger partial charge in [0, 0.05) is 13.6 Å². The lowest BCUT2D eigenvalue weighted by Gasteiger charge is -2.12. The van der Waals surface area contributed by atoms with Crippen LogP contribution >= 0.6 is 0 Å². The number of anilines is 2. The summed E-state index contributed by atoms with van der Waals surface area (Å²) in [6, 6.07) is 0.285. The fraction of sp³-hybridized carbons (Fsp3) is 0.750. The molecule has 1 unspecified atom stereocenters. The molecule has 1 aromatic rings. The summed E-state index contributed by atoms with van der Waals surface area (Å²) in [5, 5.41) is 15.4. The van der Waals surface area contributed by atoms with E-state index in [0.29, 0.717) is 24.9 Å². The Kier molecular flexibility index (Phi) is 6.27. The largest absolute Gasteiger partial charge is 0.461 e. The van der Waals surface area contributed by atoms with Gasteiger partial charge in [0.1, 0.15) is 0 Å². The summed E-state index contributed by atoms with van der Waals surface area (Å²) in [5.74, 6) is 0.891. The van der Waals surface area contributed by atoms with E-state index in [2.05, 4.69) is 25.6 Å². The number of nitrogens with zero attached hydrogens (tertiary/aromatic N) is 3. The average Bonchev–Trinajstić information content (AvgIpc) is 2.37. The van der Waals surface area contributed by atoms with Crippen LogP contribution < -0.4 is 15.4 Å². The van der Waals surface area contributed by atoms with Crippen molar-refractivity contribution in [2.45, 2.75) is 45.8 Å². The number of aromatic nitrogens is 3. The standard InChI is InChI=1S/C12H23N5O2/c1-5-9(18)6-7-14-11-15-10(13-4)16-12(17-11)19-8(2)3/h8-9,18H,5-7H2,1-4H3,(H2,13,14,15,16,17). The van der Waals surface area contributed by atoms with Gasteiger partial charge in [-0.15, -0.1) is 0 Å². The van der Waals surface area contributed by atoms with Crippen LogP contribution in [0, 0.1) is 0 Å². The van der Waals surface area contributed by atoms with E-state index >= 15 is 0 Å².